The summed E-state index contributed by atoms with van der Waals surface area (Å²) in [5.41, 5.74) is 1.18. The van der Waals surface area contributed by atoms with Gasteiger partial charge in [-0.2, -0.15) is 0 Å². The molecule has 3 rings (SSSR count). The summed E-state index contributed by atoms with van der Waals surface area (Å²) in [5, 5.41) is 3.22. The SMILES string of the molecule is O=C(Nc1nc2ccccc2s1)c1ccc(F)c(S)c1. The fourth-order valence-electron chi connectivity index (χ4n) is 1.75. The van der Waals surface area contributed by atoms with E-state index < -0.39 is 5.82 Å². The van der Waals surface area contributed by atoms with E-state index in [0.717, 1.165) is 10.2 Å². The Morgan fingerprint density at radius 3 is 2.80 bits per heavy atom. The smallest absolute Gasteiger partial charge is 0.257 e. The largest absolute Gasteiger partial charge is 0.298 e. The molecule has 3 aromatic rings. The van der Waals surface area contributed by atoms with E-state index in [1.165, 1.54) is 29.5 Å². The van der Waals surface area contributed by atoms with E-state index in [-0.39, 0.29) is 10.8 Å². The number of anilines is 1. The Hall–Kier alpha value is -1.92. The van der Waals surface area contributed by atoms with Crippen LogP contribution >= 0.6 is 24.0 Å². The van der Waals surface area contributed by atoms with E-state index in [2.05, 4.69) is 22.9 Å². The van der Waals surface area contributed by atoms with Crippen LogP contribution < -0.4 is 5.32 Å². The third-order valence-electron chi connectivity index (χ3n) is 2.72. The third kappa shape index (κ3) is 2.52. The molecule has 1 heterocycles. The molecule has 0 radical (unpaired) electrons. The zero-order chi connectivity index (χ0) is 14.1. The summed E-state index contributed by atoms with van der Waals surface area (Å²) in [5.74, 6) is -0.788. The molecule has 0 bridgehead atoms. The number of carbonyl (C=O) groups excluding carboxylic acids is 1. The fraction of sp³-hybridized carbons (Fsp3) is 0. The molecule has 6 heteroatoms. The van der Waals surface area contributed by atoms with E-state index in [9.17, 15) is 9.18 Å². The highest BCUT2D eigenvalue weighted by molar-refractivity contribution is 7.80. The lowest BCUT2D eigenvalue weighted by atomic mass is 10.2. The number of halogens is 1. The van der Waals surface area contributed by atoms with Gasteiger partial charge in [-0.05, 0) is 30.3 Å². The van der Waals surface area contributed by atoms with E-state index in [1.54, 1.807) is 0 Å². The second-order valence-electron chi connectivity index (χ2n) is 4.11. The molecule has 20 heavy (non-hydrogen) atoms. The van der Waals surface area contributed by atoms with Gasteiger partial charge in [-0.1, -0.05) is 23.5 Å². The Bertz CT molecular complexity index is 768. The minimum atomic E-state index is -0.454. The Morgan fingerprint density at radius 1 is 1.25 bits per heavy atom. The molecule has 3 nitrogen and oxygen atoms in total. The molecule has 0 atom stereocenters. The molecule has 0 spiro atoms. The summed E-state index contributed by atoms with van der Waals surface area (Å²) in [6.45, 7) is 0. The molecule has 100 valence electrons. The summed E-state index contributed by atoms with van der Waals surface area (Å²) in [6, 6.07) is 11.6. The normalized spacial score (nSPS) is 10.7. The molecule has 1 N–H and O–H groups in total. The number of nitrogens with one attached hydrogen (secondary N) is 1. The molecular weight excluding hydrogens is 295 g/mol. The lowest BCUT2D eigenvalue weighted by molar-refractivity contribution is 0.102. The molecule has 0 aliphatic heterocycles. The predicted octanol–water partition coefficient (Wildman–Crippen LogP) is 3.98. The number of amides is 1. The van der Waals surface area contributed by atoms with E-state index >= 15 is 0 Å². The topological polar surface area (TPSA) is 42.0 Å². The van der Waals surface area contributed by atoms with Crippen molar-refractivity contribution in [2.75, 3.05) is 5.32 Å². The number of aromatic nitrogens is 1. The van der Waals surface area contributed by atoms with Gasteiger partial charge in [0.05, 0.1) is 10.2 Å². The number of carbonyl (C=O) groups is 1. The minimum absolute atomic E-state index is 0.141. The highest BCUT2D eigenvalue weighted by Crippen LogP contribution is 2.26. The molecule has 0 saturated carbocycles. The van der Waals surface area contributed by atoms with Gasteiger partial charge in [0.15, 0.2) is 5.13 Å². The summed E-state index contributed by atoms with van der Waals surface area (Å²) in [7, 11) is 0. The van der Waals surface area contributed by atoms with Crippen LogP contribution in [0.5, 0.6) is 0 Å². The van der Waals surface area contributed by atoms with Gasteiger partial charge in [-0.15, -0.1) is 12.6 Å². The molecule has 0 saturated heterocycles. The molecular formula is C14H9FN2OS2. The van der Waals surface area contributed by atoms with Gasteiger partial charge in [-0.25, -0.2) is 9.37 Å². The maximum atomic E-state index is 13.1. The number of thiol groups is 1. The average molecular weight is 304 g/mol. The molecule has 0 aliphatic rings. The van der Waals surface area contributed by atoms with Gasteiger partial charge in [0.1, 0.15) is 5.82 Å². The lowest BCUT2D eigenvalue weighted by Crippen LogP contribution is -2.11. The van der Waals surface area contributed by atoms with E-state index in [0.29, 0.717) is 10.7 Å². The predicted molar refractivity (Wildman–Crippen MR) is 81.2 cm³/mol. The number of benzene rings is 2. The van der Waals surface area contributed by atoms with Gasteiger partial charge in [0.2, 0.25) is 0 Å². The van der Waals surface area contributed by atoms with Crippen molar-refractivity contribution in [1.82, 2.24) is 4.98 Å². The first-order chi connectivity index (χ1) is 9.63. The number of thiazole rings is 1. The number of hydrogen-bond donors (Lipinski definition) is 2. The zero-order valence-corrected chi connectivity index (χ0v) is 11.8. The van der Waals surface area contributed by atoms with Gasteiger partial charge in [0, 0.05) is 10.5 Å². The Balaban J connectivity index is 1.86. The first-order valence-corrected chi connectivity index (χ1v) is 7.05. The number of para-hydroxylation sites is 1. The Morgan fingerprint density at radius 2 is 2.05 bits per heavy atom. The number of fused-ring (bicyclic) bond motifs is 1. The van der Waals surface area contributed by atoms with Crippen LogP contribution in [0, 0.1) is 5.82 Å². The zero-order valence-electron chi connectivity index (χ0n) is 10.1. The summed E-state index contributed by atoms with van der Waals surface area (Å²) < 4.78 is 14.1. The Labute approximate surface area is 123 Å². The maximum Gasteiger partial charge on any atom is 0.257 e. The van der Waals surface area contributed by atoms with Crippen LogP contribution in [-0.4, -0.2) is 10.9 Å². The van der Waals surface area contributed by atoms with E-state index in [4.69, 9.17) is 0 Å². The van der Waals surface area contributed by atoms with Crippen LogP contribution in [0.15, 0.2) is 47.4 Å². The third-order valence-corrected chi connectivity index (χ3v) is 4.02. The van der Waals surface area contributed by atoms with Crippen molar-refractivity contribution in [3.63, 3.8) is 0 Å². The quantitative estimate of drug-likeness (QED) is 0.703. The highest BCUT2D eigenvalue weighted by Gasteiger charge is 2.11. The summed E-state index contributed by atoms with van der Waals surface area (Å²) in [4.78, 5) is 16.5. The van der Waals surface area contributed by atoms with Crippen LogP contribution in [0.2, 0.25) is 0 Å². The first-order valence-electron chi connectivity index (χ1n) is 5.79. The van der Waals surface area contributed by atoms with Crippen LogP contribution in [0.3, 0.4) is 0 Å². The molecule has 1 aromatic heterocycles. The van der Waals surface area contributed by atoms with Crippen molar-refractivity contribution in [2.24, 2.45) is 0 Å². The van der Waals surface area contributed by atoms with Gasteiger partial charge in [0.25, 0.3) is 5.91 Å². The average Bonchev–Trinajstić information content (AvgIpc) is 2.83. The lowest BCUT2D eigenvalue weighted by Gasteiger charge is -2.02. The van der Waals surface area contributed by atoms with Crippen molar-refractivity contribution in [1.29, 1.82) is 0 Å². The first kappa shape index (κ1) is 13.1. The Kier molecular flexibility index (Phi) is 3.42. The van der Waals surface area contributed by atoms with Crippen molar-refractivity contribution in [3.05, 3.63) is 53.8 Å². The van der Waals surface area contributed by atoms with Crippen molar-refractivity contribution in [2.45, 2.75) is 4.90 Å². The van der Waals surface area contributed by atoms with Gasteiger partial charge < -0.3 is 0 Å². The molecule has 0 fully saturated rings. The maximum absolute atomic E-state index is 13.1. The number of hydrogen-bond acceptors (Lipinski definition) is 4. The molecule has 2 aromatic carbocycles. The van der Waals surface area contributed by atoms with Crippen molar-refractivity contribution in [3.8, 4) is 0 Å². The monoisotopic (exact) mass is 304 g/mol. The molecule has 1 amide bonds. The van der Waals surface area contributed by atoms with Crippen molar-refractivity contribution >= 4 is 45.2 Å². The van der Waals surface area contributed by atoms with Crippen LogP contribution in [0.1, 0.15) is 10.4 Å². The number of rotatable bonds is 2. The van der Waals surface area contributed by atoms with Crippen LogP contribution in [-0.2, 0) is 0 Å². The van der Waals surface area contributed by atoms with E-state index in [1.807, 2.05) is 24.3 Å². The van der Waals surface area contributed by atoms with Crippen LogP contribution in [0.25, 0.3) is 10.2 Å². The summed E-state index contributed by atoms with van der Waals surface area (Å²) >= 11 is 5.35. The highest BCUT2D eigenvalue weighted by atomic mass is 32.1. The minimum Gasteiger partial charge on any atom is -0.298 e. The standard InChI is InChI=1S/C14H9FN2OS2/c15-9-6-5-8(7-11(9)19)13(18)17-14-16-10-3-1-2-4-12(10)20-14/h1-7,19H,(H,16,17,18). The van der Waals surface area contributed by atoms with Gasteiger partial charge >= 0.3 is 0 Å². The van der Waals surface area contributed by atoms with Crippen LogP contribution in [0.4, 0.5) is 9.52 Å². The number of nitrogens with zero attached hydrogens (tertiary/aromatic N) is 1. The molecule has 0 aliphatic carbocycles. The summed E-state index contributed by atoms with van der Waals surface area (Å²) in [6.07, 6.45) is 0. The van der Waals surface area contributed by atoms with Gasteiger partial charge in [-0.3, -0.25) is 10.1 Å². The second-order valence-corrected chi connectivity index (χ2v) is 5.62. The van der Waals surface area contributed by atoms with Crippen molar-refractivity contribution < 1.29 is 9.18 Å². The second kappa shape index (κ2) is 5.22. The fourth-order valence-corrected chi connectivity index (χ4v) is 2.82. The molecule has 0 unspecified atom stereocenters.